The zero-order valence-corrected chi connectivity index (χ0v) is 13.2. The Kier molecular flexibility index (Phi) is 9.05. The predicted molar refractivity (Wildman–Crippen MR) is 47.1 cm³/mol. The minimum Gasteiger partial charge on any atom is -1.00 e. The molecule has 0 saturated carbocycles. The number of nitrogens with zero attached hydrogens (tertiary/aromatic N) is 1. The topological polar surface area (TPSA) is 72.3 Å². The van der Waals surface area contributed by atoms with Crippen LogP contribution in [-0.4, -0.2) is 11.5 Å². The van der Waals surface area contributed by atoms with Gasteiger partial charge in [-0.3, -0.25) is 10.1 Å². The number of halogens is 1. The number of allylic oxidation sites excluding steroid dienone is 3. The summed E-state index contributed by atoms with van der Waals surface area (Å²) in [4.78, 5) is 9.69. The van der Waals surface area contributed by atoms with E-state index in [0.29, 0.717) is 0 Å². The molecule has 0 saturated heterocycles. The third kappa shape index (κ3) is 4.75. The van der Waals surface area contributed by atoms with Gasteiger partial charge in [-0.2, -0.15) is 0 Å². The van der Waals surface area contributed by atoms with E-state index < -0.39 is 10.9 Å². The van der Waals surface area contributed by atoms with Crippen LogP contribution in [0.4, 0.5) is 0 Å². The molecule has 0 atom stereocenters. The summed E-state index contributed by atoms with van der Waals surface area (Å²) in [6.07, 6.45) is 3.80. The first-order valence-corrected chi connectivity index (χ1v) is 3.98. The Morgan fingerprint density at radius 2 is 2.19 bits per heavy atom. The molecular formula is C9H8BrNO4Zn-. The molecule has 16 heavy (non-hydrogen) atoms. The van der Waals surface area contributed by atoms with Crippen LogP contribution >= 0.6 is 0 Å². The zero-order valence-electron chi connectivity index (χ0n) is 8.60. The van der Waals surface area contributed by atoms with Crippen LogP contribution in [0.2, 0.25) is 0 Å². The van der Waals surface area contributed by atoms with Crippen molar-refractivity contribution in [3.05, 3.63) is 51.3 Å². The smallest absolute Gasteiger partial charge is 0.338 e. The first-order valence-electron chi connectivity index (χ1n) is 3.98. The van der Waals surface area contributed by atoms with Crippen LogP contribution in [0.1, 0.15) is 6.92 Å². The van der Waals surface area contributed by atoms with Crippen LogP contribution < -0.4 is 17.0 Å². The molecule has 0 aromatic heterocycles. The van der Waals surface area contributed by atoms with E-state index >= 15 is 0 Å². The van der Waals surface area contributed by atoms with Gasteiger partial charge in [-0.05, 0) is 18.7 Å². The molecule has 0 fully saturated rings. The molecule has 0 N–H and O–H groups in total. The average Bonchev–Trinajstić information content (AvgIpc) is 2.18. The molecule has 1 radical (unpaired) electrons. The van der Waals surface area contributed by atoms with Gasteiger partial charge in [0.25, 0.3) is 0 Å². The van der Waals surface area contributed by atoms with Crippen molar-refractivity contribution >= 4 is 0 Å². The number of nitro groups is 1. The molecule has 0 aromatic carbocycles. The Morgan fingerprint density at radius 1 is 1.56 bits per heavy atom. The maximum Gasteiger partial charge on any atom is 0.338 e. The van der Waals surface area contributed by atoms with E-state index in [1.165, 1.54) is 18.2 Å². The number of hydrogen-bond donors (Lipinski definition) is 0. The summed E-state index contributed by atoms with van der Waals surface area (Å²) in [6, 6.07) is 0. The van der Waals surface area contributed by atoms with E-state index in [1.807, 2.05) is 0 Å². The van der Waals surface area contributed by atoms with Crippen molar-refractivity contribution in [2.24, 2.45) is 0 Å². The Morgan fingerprint density at radius 3 is 2.56 bits per heavy atom. The fourth-order valence-corrected chi connectivity index (χ4v) is 0.872. The molecule has 7 heteroatoms. The van der Waals surface area contributed by atoms with Crippen LogP contribution in [0.5, 0.6) is 0 Å². The summed E-state index contributed by atoms with van der Waals surface area (Å²) in [5.41, 5.74) is 2.47. The summed E-state index contributed by atoms with van der Waals surface area (Å²) >= 11 is 0. The van der Waals surface area contributed by atoms with Crippen LogP contribution in [0, 0.1) is 10.1 Å². The first kappa shape index (κ1) is 17.5. The molecular weight excluding hydrogens is 331 g/mol. The fraction of sp³-hybridized carbons (Fsp3) is 0.222. The SMILES string of the molecule is CCOC([O])=C1C=C=C([N+](=O)[O-])C=C1.[Br-].[Zn]. The molecule has 83 valence electrons. The van der Waals surface area contributed by atoms with Crippen LogP contribution in [0.3, 0.4) is 0 Å². The summed E-state index contributed by atoms with van der Waals surface area (Å²) in [7, 11) is 0. The van der Waals surface area contributed by atoms with E-state index in [1.54, 1.807) is 6.92 Å². The van der Waals surface area contributed by atoms with Gasteiger partial charge < -0.3 is 21.7 Å². The molecule has 0 aliphatic heterocycles. The van der Waals surface area contributed by atoms with E-state index in [4.69, 9.17) is 4.74 Å². The van der Waals surface area contributed by atoms with Gasteiger partial charge in [0.1, 0.15) is 0 Å². The zero-order chi connectivity index (χ0) is 10.6. The van der Waals surface area contributed by atoms with Crippen molar-refractivity contribution in [2.75, 3.05) is 6.61 Å². The standard InChI is InChI=1S/C9H8NO4.BrH.Zn/c1-2-14-9(11)7-3-5-8(6-4-7)10(12)13;;/h3-5H,2H2,1H3;1H;/p-1. The molecule has 0 bridgehead atoms. The van der Waals surface area contributed by atoms with Crippen LogP contribution in [0.25, 0.3) is 0 Å². The third-order valence-corrected chi connectivity index (χ3v) is 1.50. The first-order chi connectivity index (χ1) is 6.65. The van der Waals surface area contributed by atoms with E-state index in [9.17, 15) is 15.2 Å². The number of rotatable bonds is 3. The Balaban J connectivity index is 0. The molecule has 5 nitrogen and oxygen atoms in total. The van der Waals surface area contributed by atoms with Gasteiger partial charge in [-0.15, -0.1) is 0 Å². The minimum absolute atomic E-state index is 0. The largest absolute Gasteiger partial charge is 1.00 e. The molecule has 0 amide bonds. The van der Waals surface area contributed by atoms with Gasteiger partial charge >= 0.3 is 11.6 Å². The van der Waals surface area contributed by atoms with Crippen molar-refractivity contribution in [3.63, 3.8) is 0 Å². The Labute approximate surface area is 116 Å². The van der Waals surface area contributed by atoms with Crippen molar-refractivity contribution in [3.8, 4) is 0 Å². The molecule has 0 aromatic rings. The van der Waals surface area contributed by atoms with Gasteiger partial charge in [-0.1, -0.05) is 0 Å². The quantitative estimate of drug-likeness (QED) is 0.208. The fourth-order valence-electron chi connectivity index (χ4n) is 0.872. The average molecular weight is 339 g/mol. The number of hydrogen-bond acceptors (Lipinski definition) is 3. The Hall–Kier alpha value is -0.897. The maximum atomic E-state index is 11.1. The molecule has 1 rings (SSSR count). The van der Waals surface area contributed by atoms with E-state index in [0.717, 1.165) is 0 Å². The molecule has 0 unspecified atom stereocenters. The predicted octanol–water partition coefficient (Wildman–Crippen LogP) is -1.45. The van der Waals surface area contributed by atoms with E-state index in [2.05, 4.69) is 5.73 Å². The van der Waals surface area contributed by atoms with Crippen LogP contribution in [-0.2, 0) is 29.3 Å². The normalized spacial score (nSPS) is 15.4. The van der Waals surface area contributed by atoms with Crippen molar-refractivity contribution in [2.45, 2.75) is 6.92 Å². The van der Waals surface area contributed by atoms with E-state index in [-0.39, 0.29) is 54.3 Å². The van der Waals surface area contributed by atoms with Gasteiger partial charge in [0.15, 0.2) is 0 Å². The van der Waals surface area contributed by atoms with Gasteiger partial charge in [-0.25, -0.2) is 5.11 Å². The van der Waals surface area contributed by atoms with Gasteiger partial charge in [0, 0.05) is 31.6 Å². The third-order valence-electron chi connectivity index (χ3n) is 1.50. The van der Waals surface area contributed by atoms with Crippen molar-refractivity contribution in [1.82, 2.24) is 0 Å². The molecule has 1 aliphatic rings. The summed E-state index contributed by atoms with van der Waals surface area (Å²) in [6.45, 7) is 1.96. The second-order valence-electron chi connectivity index (χ2n) is 2.44. The van der Waals surface area contributed by atoms with Gasteiger partial charge in [0.2, 0.25) is 0 Å². The second kappa shape index (κ2) is 8.28. The summed E-state index contributed by atoms with van der Waals surface area (Å²) in [5.74, 6) is -0.501. The summed E-state index contributed by atoms with van der Waals surface area (Å²) in [5, 5.41) is 21.4. The van der Waals surface area contributed by atoms with Crippen molar-refractivity contribution < 1.29 is 51.2 Å². The second-order valence-corrected chi connectivity index (χ2v) is 2.44. The summed E-state index contributed by atoms with van der Waals surface area (Å²) < 4.78 is 4.70. The molecule has 0 spiro atoms. The van der Waals surface area contributed by atoms with Gasteiger partial charge in [0.05, 0.1) is 17.1 Å². The monoisotopic (exact) mass is 337 g/mol. The molecule has 1 aliphatic carbocycles. The Bertz CT molecular complexity index is 383. The molecule has 0 heterocycles. The number of ether oxygens (including phenoxy) is 1. The van der Waals surface area contributed by atoms with Crippen molar-refractivity contribution in [1.29, 1.82) is 0 Å². The minimum atomic E-state index is -0.574. The van der Waals surface area contributed by atoms with Crippen LogP contribution in [0.15, 0.2) is 41.2 Å². The maximum absolute atomic E-state index is 11.1.